The molecule has 19 heavy (non-hydrogen) atoms. The Hall–Kier alpha value is -1.82. The molecule has 106 valence electrons. The number of aryl methyl sites for hydroxylation is 1. The van der Waals surface area contributed by atoms with E-state index in [1.54, 1.807) is 19.2 Å². The molecule has 0 aromatic carbocycles. The van der Waals surface area contributed by atoms with E-state index in [4.69, 9.17) is 14.3 Å². The van der Waals surface area contributed by atoms with Crippen molar-refractivity contribution in [1.29, 1.82) is 0 Å². The highest BCUT2D eigenvalue weighted by Crippen LogP contribution is 2.09. The molecule has 6 nitrogen and oxygen atoms in total. The lowest BCUT2D eigenvalue weighted by Gasteiger charge is -2.13. The van der Waals surface area contributed by atoms with Crippen LogP contribution in [0.4, 0.5) is 0 Å². The Morgan fingerprint density at radius 2 is 2.21 bits per heavy atom. The summed E-state index contributed by atoms with van der Waals surface area (Å²) in [6.45, 7) is 2.37. The van der Waals surface area contributed by atoms with Gasteiger partial charge in [-0.25, -0.2) is 4.79 Å². The minimum atomic E-state index is -1.06. The van der Waals surface area contributed by atoms with Gasteiger partial charge in [0.2, 0.25) is 0 Å². The van der Waals surface area contributed by atoms with E-state index in [2.05, 4.69) is 5.32 Å². The highest BCUT2D eigenvalue weighted by atomic mass is 16.5. The first-order chi connectivity index (χ1) is 9.08. The summed E-state index contributed by atoms with van der Waals surface area (Å²) in [5.41, 5.74) is 0. The number of amides is 1. The van der Waals surface area contributed by atoms with Gasteiger partial charge in [-0.1, -0.05) is 6.92 Å². The number of rotatable bonds is 8. The van der Waals surface area contributed by atoms with Gasteiger partial charge in [-0.15, -0.1) is 0 Å². The molecule has 0 saturated carbocycles. The monoisotopic (exact) mass is 269 g/mol. The van der Waals surface area contributed by atoms with Crippen LogP contribution in [-0.4, -0.2) is 36.7 Å². The average Bonchev–Trinajstić information content (AvgIpc) is 2.86. The van der Waals surface area contributed by atoms with Gasteiger partial charge >= 0.3 is 5.97 Å². The Kier molecular flexibility index (Phi) is 6.08. The van der Waals surface area contributed by atoms with Gasteiger partial charge in [-0.2, -0.15) is 0 Å². The molecular formula is C13H19NO5. The van der Waals surface area contributed by atoms with E-state index < -0.39 is 17.9 Å². The van der Waals surface area contributed by atoms with E-state index in [1.807, 2.05) is 6.92 Å². The molecule has 0 bridgehead atoms. The zero-order chi connectivity index (χ0) is 14.3. The van der Waals surface area contributed by atoms with Crippen LogP contribution in [-0.2, 0) is 16.0 Å². The summed E-state index contributed by atoms with van der Waals surface area (Å²) in [6, 6.07) is 2.32. The van der Waals surface area contributed by atoms with E-state index in [9.17, 15) is 9.59 Å². The van der Waals surface area contributed by atoms with Crippen molar-refractivity contribution in [3.63, 3.8) is 0 Å². The maximum absolute atomic E-state index is 11.8. The maximum atomic E-state index is 11.8. The molecule has 0 fully saturated rings. The number of ether oxygens (including phenoxy) is 1. The number of furan rings is 1. The van der Waals surface area contributed by atoms with Gasteiger partial charge in [-0.05, 0) is 25.0 Å². The molecule has 1 unspecified atom stereocenters. The molecule has 0 radical (unpaired) electrons. The van der Waals surface area contributed by atoms with Crippen LogP contribution in [0.25, 0.3) is 0 Å². The van der Waals surface area contributed by atoms with Crippen molar-refractivity contribution in [3.05, 3.63) is 23.7 Å². The number of carboxylic acid groups (broad SMARTS) is 1. The lowest BCUT2D eigenvalue weighted by atomic mass is 10.1. The third kappa shape index (κ3) is 4.75. The summed E-state index contributed by atoms with van der Waals surface area (Å²) in [4.78, 5) is 22.9. The summed E-state index contributed by atoms with van der Waals surface area (Å²) in [5.74, 6) is -0.748. The smallest absolute Gasteiger partial charge is 0.326 e. The van der Waals surface area contributed by atoms with Crippen LogP contribution in [0.15, 0.2) is 16.5 Å². The first kappa shape index (κ1) is 15.2. The lowest BCUT2D eigenvalue weighted by molar-refractivity contribution is -0.139. The van der Waals surface area contributed by atoms with Crippen molar-refractivity contribution >= 4 is 11.9 Å². The predicted octanol–water partition coefficient (Wildman–Crippen LogP) is 1.45. The highest BCUT2D eigenvalue weighted by molar-refractivity contribution is 5.94. The molecule has 1 rings (SSSR count). The van der Waals surface area contributed by atoms with Crippen molar-refractivity contribution in [1.82, 2.24) is 5.32 Å². The van der Waals surface area contributed by atoms with Gasteiger partial charge < -0.3 is 19.6 Å². The van der Waals surface area contributed by atoms with E-state index in [0.717, 1.165) is 0 Å². The molecule has 6 heteroatoms. The van der Waals surface area contributed by atoms with Gasteiger partial charge in [0.15, 0.2) is 5.76 Å². The minimum absolute atomic E-state index is 0.134. The number of aliphatic carboxylic acids is 1. The van der Waals surface area contributed by atoms with Crippen molar-refractivity contribution < 1.29 is 23.8 Å². The van der Waals surface area contributed by atoms with Gasteiger partial charge in [-0.3, -0.25) is 4.79 Å². The second-order valence-electron chi connectivity index (χ2n) is 4.12. The number of carboxylic acids is 1. The largest absolute Gasteiger partial charge is 0.480 e. The highest BCUT2D eigenvalue weighted by Gasteiger charge is 2.21. The van der Waals surface area contributed by atoms with E-state index in [0.29, 0.717) is 31.6 Å². The Balaban J connectivity index is 2.57. The van der Waals surface area contributed by atoms with Crippen LogP contribution in [0.3, 0.4) is 0 Å². The fourth-order valence-electron chi connectivity index (χ4n) is 1.61. The molecule has 0 aliphatic rings. The number of methoxy groups -OCH3 is 1. The number of carbonyl (C=O) groups excluding carboxylic acids is 1. The van der Waals surface area contributed by atoms with Crippen molar-refractivity contribution in [2.75, 3.05) is 13.7 Å². The third-order valence-corrected chi connectivity index (χ3v) is 2.68. The van der Waals surface area contributed by atoms with Crippen molar-refractivity contribution in [2.45, 2.75) is 32.2 Å². The summed E-state index contributed by atoms with van der Waals surface area (Å²) < 4.78 is 10.1. The number of nitrogens with one attached hydrogen (secondary N) is 1. The van der Waals surface area contributed by atoms with Gasteiger partial charge in [0.05, 0.1) is 0 Å². The van der Waals surface area contributed by atoms with E-state index >= 15 is 0 Å². The number of carbonyl (C=O) groups is 2. The molecule has 2 N–H and O–H groups in total. The lowest BCUT2D eigenvalue weighted by Crippen LogP contribution is -2.40. The normalized spacial score (nSPS) is 12.1. The molecule has 1 amide bonds. The Labute approximate surface area is 111 Å². The van der Waals surface area contributed by atoms with E-state index in [1.165, 1.54) is 0 Å². The molecule has 0 aliphatic heterocycles. The first-order valence-corrected chi connectivity index (χ1v) is 6.19. The SMILES string of the molecule is CCc1ccc(C(=O)NC(CCCOC)C(=O)O)o1. The first-order valence-electron chi connectivity index (χ1n) is 6.19. The minimum Gasteiger partial charge on any atom is -0.480 e. The Morgan fingerprint density at radius 3 is 2.74 bits per heavy atom. The standard InChI is InChI=1S/C13H19NO5/c1-3-9-6-7-11(19-9)12(15)14-10(13(16)17)5-4-8-18-2/h6-7,10H,3-5,8H2,1-2H3,(H,14,15)(H,16,17). The van der Waals surface area contributed by atoms with E-state index in [-0.39, 0.29) is 5.76 Å². The molecule has 0 aliphatic carbocycles. The zero-order valence-corrected chi connectivity index (χ0v) is 11.1. The molecule has 1 aromatic heterocycles. The summed E-state index contributed by atoms with van der Waals surface area (Å²) >= 11 is 0. The van der Waals surface area contributed by atoms with Crippen molar-refractivity contribution in [3.8, 4) is 0 Å². The summed E-state index contributed by atoms with van der Waals surface area (Å²) in [5, 5.41) is 11.5. The Morgan fingerprint density at radius 1 is 1.47 bits per heavy atom. The topological polar surface area (TPSA) is 88.8 Å². The zero-order valence-electron chi connectivity index (χ0n) is 11.1. The van der Waals surface area contributed by atoms with Crippen LogP contribution in [0.5, 0.6) is 0 Å². The fraction of sp³-hybridized carbons (Fsp3) is 0.538. The van der Waals surface area contributed by atoms with Crippen LogP contribution in [0, 0.1) is 0 Å². The van der Waals surface area contributed by atoms with Crippen LogP contribution in [0.1, 0.15) is 36.1 Å². The molecule has 1 aromatic rings. The molecule has 0 spiro atoms. The van der Waals surface area contributed by atoms with Gasteiger partial charge in [0.1, 0.15) is 11.8 Å². The third-order valence-electron chi connectivity index (χ3n) is 2.68. The van der Waals surface area contributed by atoms with Gasteiger partial charge in [0.25, 0.3) is 5.91 Å². The fourth-order valence-corrected chi connectivity index (χ4v) is 1.61. The molecule has 1 atom stereocenters. The molecule has 0 saturated heterocycles. The molecular weight excluding hydrogens is 250 g/mol. The summed E-state index contributed by atoms with van der Waals surface area (Å²) in [6.07, 6.45) is 1.56. The quantitative estimate of drug-likeness (QED) is 0.697. The van der Waals surface area contributed by atoms with Crippen molar-refractivity contribution in [2.24, 2.45) is 0 Å². The predicted molar refractivity (Wildman–Crippen MR) is 68.1 cm³/mol. The number of hydrogen-bond acceptors (Lipinski definition) is 4. The van der Waals surface area contributed by atoms with Crippen LogP contribution < -0.4 is 5.32 Å². The van der Waals surface area contributed by atoms with Crippen LogP contribution in [0.2, 0.25) is 0 Å². The van der Waals surface area contributed by atoms with Crippen LogP contribution >= 0.6 is 0 Å². The average molecular weight is 269 g/mol. The second-order valence-corrected chi connectivity index (χ2v) is 4.12. The maximum Gasteiger partial charge on any atom is 0.326 e. The number of hydrogen-bond donors (Lipinski definition) is 2. The van der Waals surface area contributed by atoms with Gasteiger partial charge in [0, 0.05) is 20.1 Å². The second kappa shape index (κ2) is 7.58. The molecule has 1 heterocycles. The summed E-state index contributed by atoms with van der Waals surface area (Å²) in [7, 11) is 1.55. The Bertz CT molecular complexity index is 426.